The van der Waals surface area contributed by atoms with E-state index in [4.69, 9.17) is 0 Å². The summed E-state index contributed by atoms with van der Waals surface area (Å²) in [5, 5.41) is 6.85. The Hall–Kier alpha value is -2.31. The molecule has 116 valence electrons. The summed E-state index contributed by atoms with van der Waals surface area (Å²) in [5.41, 5.74) is 0.798. The first-order valence-electron chi connectivity index (χ1n) is 7.19. The highest BCUT2D eigenvalue weighted by atomic mass is 19.3. The molecule has 0 bridgehead atoms. The van der Waals surface area contributed by atoms with Crippen LogP contribution in [0.4, 0.5) is 8.78 Å². The van der Waals surface area contributed by atoms with Crippen LogP contribution >= 0.6 is 0 Å². The minimum absolute atomic E-state index is 0.0428. The highest BCUT2D eigenvalue weighted by Crippen LogP contribution is 2.32. The number of carbonyl (C=O) groups is 1. The van der Waals surface area contributed by atoms with Crippen molar-refractivity contribution in [3.63, 3.8) is 0 Å². The zero-order valence-corrected chi connectivity index (χ0v) is 11.9. The predicted molar refractivity (Wildman–Crippen MR) is 76.0 cm³/mol. The van der Waals surface area contributed by atoms with Gasteiger partial charge in [0, 0.05) is 18.9 Å². The lowest BCUT2D eigenvalue weighted by molar-refractivity contribution is -0.0399. The van der Waals surface area contributed by atoms with Crippen LogP contribution in [0.3, 0.4) is 0 Å². The van der Waals surface area contributed by atoms with E-state index in [-0.39, 0.29) is 37.5 Å². The van der Waals surface area contributed by atoms with Gasteiger partial charge in [-0.15, -0.1) is 5.10 Å². The van der Waals surface area contributed by atoms with Gasteiger partial charge in [0.2, 0.25) is 11.7 Å². The lowest BCUT2D eigenvalue weighted by Crippen LogP contribution is -2.40. The number of rotatable bonds is 3. The van der Waals surface area contributed by atoms with E-state index < -0.39 is 11.8 Å². The second-order valence-corrected chi connectivity index (χ2v) is 5.45. The molecule has 1 aliphatic rings. The fourth-order valence-electron chi connectivity index (χ4n) is 2.51. The number of carbonyl (C=O) groups excluding carboxylic acids is 1. The van der Waals surface area contributed by atoms with Crippen LogP contribution in [0.1, 0.15) is 36.3 Å². The van der Waals surface area contributed by atoms with Gasteiger partial charge in [0.25, 0.3) is 5.91 Å². The van der Waals surface area contributed by atoms with E-state index in [1.54, 1.807) is 0 Å². The molecule has 0 saturated heterocycles. The molecule has 0 unspecified atom stereocenters. The molecule has 1 saturated carbocycles. The molecule has 1 N–H and O–H groups in total. The molecule has 22 heavy (non-hydrogen) atoms. The summed E-state index contributed by atoms with van der Waals surface area (Å²) in [4.78, 5) is 16.1. The summed E-state index contributed by atoms with van der Waals surface area (Å²) >= 11 is 0. The van der Waals surface area contributed by atoms with Crippen molar-refractivity contribution in [1.29, 1.82) is 0 Å². The van der Waals surface area contributed by atoms with Gasteiger partial charge in [-0.1, -0.05) is 18.2 Å². The number of aromatic nitrogens is 3. The van der Waals surface area contributed by atoms with Crippen LogP contribution in [-0.4, -0.2) is 32.6 Å². The Morgan fingerprint density at radius 1 is 1.23 bits per heavy atom. The van der Waals surface area contributed by atoms with Gasteiger partial charge in [0.1, 0.15) is 6.33 Å². The minimum Gasteiger partial charge on any atom is -0.347 e. The van der Waals surface area contributed by atoms with Crippen molar-refractivity contribution in [3.8, 4) is 5.69 Å². The standard InChI is InChI=1S/C15H16F2N4O/c16-15(17)8-6-11(7-9-15)19-14(22)13-18-10-21(20-13)12-4-2-1-3-5-12/h1-5,10-11H,6-9H2,(H,19,22). The van der Waals surface area contributed by atoms with E-state index >= 15 is 0 Å². The van der Waals surface area contributed by atoms with Gasteiger partial charge in [0.15, 0.2) is 0 Å². The zero-order chi connectivity index (χ0) is 15.6. The molecule has 1 heterocycles. The fraction of sp³-hybridized carbons (Fsp3) is 0.400. The van der Waals surface area contributed by atoms with Gasteiger partial charge < -0.3 is 5.32 Å². The van der Waals surface area contributed by atoms with E-state index in [0.29, 0.717) is 0 Å². The minimum atomic E-state index is -2.60. The third-order valence-corrected chi connectivity index (χ3v) is 3.77. The number of amides is 1. The summed E-state index contributed by atoms with van der Waals surface area (Å²) in [5.74, 6) is -2.99. The Bertz CT molecular complexity index is 647. The second kappa shape index (κ2) is 5.82. The molecule has 0 radical (unpaired) electrons. The maximum Gasteiger partial charge on any atom is 0.291 e. The molecule has 1 aliphatic carbocycles. The Morgan fingerprint density at radius 2 is 1.91 bits per heavy atom. The van der Waals surface area contributed by atoms with Gasteiger partial charge in [-0.25, -0.2) is 18.4 Å². The Balaban J connectivity index is 1.63. The van der Waals surface area contributed by atoms with Crippen molar-refractivity contribution in [2.45, 2.75) is 37.6 Å². The van der Waals surface area contributed by atoms with Gasteiger partial charge in [-0.3, -0.25) is 4.79 Å². The Labute approximate surface area is 126 Å². The Morgan fingerprint density at radius 3 is 2.59 bits per heavy atom. The number of para-hydroxylation sites is 1. The molecule has 1 fully saturated rings. The van der Waals surface area contributed by atoms with Crippen molar-refractivity contribution >= 4 is 5.91 Å². The molecule has 1 amide bonds. The second-order valence-electron chi connectivity index (χ2n) is 5.45. The van der Waals surface area contributed by atoms with Gasteiger partial charge in [-0.05, 0) is 25.0 Å². The predicted octanol–water partition coefficient (Wildman–Crippen LogP) is 2.58. The number of nitrogens with one attached hydrogen (secondary N) is 1. The first kappa shape index (κ1) is 14.6. The van der Waals surface area contributed by atoms with Gasteiger partial charge in [0.05, 0.1) is 5.69 Å². The molecule has 1 aromatic carbocycles. The average Bonchev–Trinajstić information content (AvgIpc) is 3.00. The summed E-state index contributed by atoms with van der Waals surface area (Å²) in [7, 11) is 0. The highest BCUT2D eigenvalue weighted by Gasteiger charge is 2.35. The summed E-state index contributed by atoms with van der Waals surface area (Å²) in [6, 6.07) is 9.06. The van der Waals surface area contributed by atoms with Crippen molar-refractivity contribution in [1.82, 2.24) is 20.1 Å². The molecule has 0 atom stereocenters. The van der Waals surface area contributed by atoms with E-state index in [9.17, 15) is 13.6 Å². The lowest BCUT2D eigenvalue weighted by atomic mass is 9.92. The zero-order valence-electron chi connectivity index (χ0n) is 11.9. The van der Waals surface area contributed by atoms with E-state index in [2.05, 4.69) is 15.4 Å². The molecule has 2 aromatic rings. The highest BCUT2D eigenvalue weighted by molar-refractivity contribution is 5.90. The number of hydrogen-bond acceptors (Lipinski definition) is 3. The maximum absolute atomic E-state index is 13.1. The van der Waals surface area contributed by atoms with E-state index in [1.165, 1.54) is 11.0 Å². The molecular weight excluding hydrogens is 290 g/mol. The summed E-state index contributed by atoms with van der Waals surface area (Å²) < 4.78 is 27.7. The van der Waals surface area contributed by atoms with E-state index in [1.807, 2.05) is 30.3 Å². The van der Waals surface area contributed by atoms with Crippen LogP contribution < -0.4 is 5.32 Å². The molecule has 5 nitrogen and oxygen atoms in total. The fourth-order valence-corrected chi connectivity index (χ4v) is 2.51. The van der Waals surface area contributed by atoms with Crippen molar-refractivity contribution in [3.05, 3.63) is 42.5 Å². The quantitative estimate of drug-likeness (QED) is 0.948. The smallest absolute Gasteiger partial charge is 0.291 e. The largest absolute Gasteiger partial charge is 0.347 e. The molecule has 0 spiro atoms. The monoisotopic (exact) mass is 306 g/mol. The number of halogens is 2. The molecular formula is C15H16F2N4O. The molecule has 3 rings (SSSR count). The van der Waals surface area contributed by atoms with Crippen LogP contribution in [0.2, 0.25) is 0 Å². The van der Waals surface area contributed by atoms with Crippen LogP contribution in [0.25, 0.3) is 5.69 Å². The third-order valence-electron chi connectivity index (χ3n) is 3.77. The molecule has 1 aromatic heterocycles. The van der Waals surface area contributed by atoms with Crippen LogP contribution in [0.5, 0.6) is 0 Å². The number of alkyl halides is 2. The summed E-state index contributed by atoms with van der Waals surface area (Å²) in [6.07, 6.45) is 1.63. The number of benzene rings is 1. The van der Waals surface area contributed by atoms with Gasteiger partial charge >= 0.3 is 0 Å². The van der Waals surface area contributed by atoms with Crippen molar-refractivity contribution in [2.75, 3.05) is 0 Å². The number of hydrogen-bond donors (Lipinski definition) is 1. The molecule has 0 aliphatic heterocycles. The number of nitrogens with zero attached hydrogens (tertiary/aromatic N) is 3. The van der Waals surface area contributed by atoms with Crippen LogP contribution in [0.15, 0.2) is 36.7 Å². The first-order chi connectivity index (χ1) is 10.5. The van der Waals surface area contributed by atoms with E-state index in [0.717, 1.165) is 5.69 Å². The SMILES string of the molecule is O=C(NC1CCC(F)(F)CC1)c1ncn(-c2ccccc2)n1. The van der Waals surface area contributed by atoms with Crippen molar-refractivity contribution < 1.29 is 13.6 Å². The van der Waals surface area contributed by atoms with Crippen molar-refractivity contribution in [2.24, 2.45) is 0 Å². The van der Waals surface area contributed by atoms with Gasteiger partial charge in [-0.2, -0.15) is 0 Å². The maximum atomic E-state index is 13.1. The van der Waals surface area contributed by atoms with Crippen LogP contribution in [-0.2, 0) is 0 Å². The third kappa shape index (κ3) is 3.29. The Kier molecular flexibility index (Phi) is 3.87. The average molecular weight is 306 g/mol. The first-order valence-corrected chi connectivity index (χ1v) is 7.19. The summed E-state index contributed by atoms with van der Waals surface area (Å²) in [6.45, 7) is 0. The topological polar surface area (TPSA) is 59.8 Å². The molecule has 7 heteroatoms. The van der Waals surface area contributed by atoms with Crippen LogP contribution in [0, 0.1) is 0 Å². The lowest BCUT2D eigenvalue weighted by Gasteiger charge is -2.28. The normalized spacial score (nSPS) is 18.1.